The van der Waals surface area contributed by atoms with E-state index in [0.717, 1.165) is 55.4 Å². The molecule has 6 nitrogen and oxygen atoms in total. The van der Waals surface area contributed by atoms with E-state index in [4.69, 9.17) is 9.26 Å². The molecule has 0 radical (unpaired) electrons. The number of hydrogen-bond acceptors (Lipinski definition) is 5. The topological polar surface area (TPSA) is 72.9 Å². The highest BCUT2D eigenvalue weighted by molar-refractivity contribution is 7.89. The van der Waals surface area contributed by atoms with Crippen LogP contribution in [0.25, 0.3) is 0 Å². The van der Waals surface area contributed by atoms with Gasteiger partial charge >= 0.3 is 0 Å². The van der Waals surface area contributed by atoms with Crippen LogP contribution >= 0.6 is 0 Å². The second-order valence-electron chi connectivity index (χ2n) is 11.7. The predicted octanol–water partition coefficient (Wildman–Crippen LogP) is 7.47. The Morgan fingerprint density at radius 1 is 0.895 bits per heavy atom. The number of hydroxylamine groups is 1. The summed E-state index contributed by atoms with van der Waals surface area (Å²) >= 11 is 0. The van der Waals surface area contributed by atoms with Gasteiger partial charge in [0.2, 0.25) is 8.32 Å². The zero-order valence-electron chi connectivity index (χ0n) is 24.4. The first kappa shape index (κ1) is 32.2. The third-order valence-corrected chi connectivity index (χ3v) is 13.2. The molecule has 2 aromatic carbocycles. The number of sulfonamides is 1. The maximum Gasteiger partial charge on any atom is 0.264 e. The third kappa shape index (κ3) is 10.3. The van der Waals surface area contributed by atoms with E-state index < -0.39 is 18.3 Å². The van der Waals surface area contributed by atoms with Crippen LogP contribution in [0, 0.1) is 6.92 Å². The van der Waals surface area contributed by atoms with Crippen LogP contribution in [0.5, 0.6) is 5.75 Å². The van der Waals surface area contributed by atoms with E-state index >= 15 is 0 Å². The molecule has 2 aromatic rings. The van der Waals surface area contributed by atoms with Crippen molar-refractivity contribution in [3.63, 3.8) is 0 Å². The Balaban J connectivity index is 1.82. The molecular formula is C30H47NO5SSi. The van der Waals surface area contributed by atoms with Gasteiger partial charge in [0.25, 0.3) is 10.0 Å². The number of benzene rings is 2. The molecule has 0 bridgehead atoms. The first-order valence-corrected chi connectivity index (χ1v) is 18.1. The minimum absolute atomic E-state index is 0.108. The van der Waals surface area contributed by atoms with E-state index in [1.807, 2.05) is 43.3 Å². The first-order chi connectivity index (χ1) is 17.7. The first-order valence-electron chi connectivity index (χ1n) is 13.7. The van der Waals surface area contributed by atoms with Crippen LogP contribution in [0.3, 0.4) is 0 Å². The number of nitrogens with zero attached hydrogens (tertiary/aromatic N) is 1. The molecule has 0 N–H and O–H groups in total. The van der Waals surface area contributed by atoms with Crippen molar-refractivity contribution in [2.24, 2.45) is 0 Å². The average molecular weight is 562 g/mol. The van der Waals surface area contributed by atoms with E-state index in [1.54, 1.807) is 19.1 Å². The Bertz CT molecular complexity index is 1110. The number of aryl methyl sites for hydroxylation is 2. The summed E-state index contributed by atoms with van der Waals surface area (Å²) in [7, 11) is -6.08. The molecule has 0 spiro atoms. The summed E-state index contributed by atoms with van der Waals surface area (Å²) in [5.41, 5.74) is 2.16. The van der Waals surface area contributed by atoms with E-state index in [0.29, 0.717) is 19.6 Å². The number of rotatable bonds is 16. The van der Waals surface area contributed by atoms with Crippen molar-refractivity contribution in [1.29, 1.82) is 0 Å². The van der Waals surface area contributed by atoms with Gasteiger partial charge in [-0.2, -0.15) is 0 Å². The lowest BCUT2D eigenvalue weighted by molar-refractivity contribution is -0.116. The summed E-state index contributed by atoms with van der Waals surface area (Å²) in [5, 5.41) is -0.108. The van der Waals surface area contributed by atoms with Crippen molar-refractivity contribution < 1.29 is 22.5 Å². The summed E-state index contributed by atoms with van der Waals surface area (Å²) in [6.07, 6.45) is 5.96. The number of unbranched alkanes of at least 4 members (excludes halogenated alkanes) is 4. The Hall–Kier alpha value is -2.00. The quantitative estimate of drug-likeness (QED) is 0.121. The van der Waals surface area contributed by atoms with Crippen molar-refractivity contribution >= 4 is 24.1 Å². The zero-order valence-corrected chi connectivity index (χ0v) is 26.2. The fourth-order valence-corrected chi connectivity index (χ4v) is 6.48. The van der Waals surface area contributed by atoms with Crippen LogP contribution in [0.4, 0.5) is 0 Å². The highest BCUT2D eigenvalue weighted by Gasteiger charge is 2.42. The van der Waals surface area contributed by atoms with Crippen molar-refractivity contribution in [1.82, 2.24) is 4.47 Å². The fraction of sp³-hybridized carbons (Fsp3) is 0.567. The number of carbonyl (C=O) groups is 1. The van der Waals surface area contributed by atoms with Crippen molar-refractivity contribution in [3.05, 3.63) is 59.7 Å². The van der Waals surface area contributed by atoms with Gasteiger partial charge in [-0.3, -0.25) is 0 Å². The van der Waals surface area contributed by atoms with E-state index in [-0.39, 0.29) is 15.7 Å². The monoisotopic (exact) mass is 561 g/mol. The summed E-state index contributed by atoms with van der Waals surface area (Å²) in [6, 6.07) is 14.9. The van der Waals surface area contributed by atoms with E-state index in [2.05, 4.69) is 33.9 Å². The van der Waals surface area contributed by atoms with Gasteiger partial charge in [-0.1, -0.05) is 74.3 Å². The second kappa shape index (κ2) is 14.4. The van der Waals surface area contributed by atoms with Gasteiger partial charge in [0, 0.05) is 13.0 Å². The van der Waals surface area contributed by atoms with Crippen molar-refractivity contribution in [2.45, 2.75) is 103 Å². The molecule has 0 atom stereocenters. The van der Waals surface area contributed by atoms with Crippen LogP contribution in [0.2, 0.25) is 18.1 Å². The highest BCUT2D eigenvalue weighted by atomic mass is 32.2. The predicted molar refractivity (Wildman–Crippen MR) is 157 cm³/mol. The Kier molecular flexibility index (Phi) is 12.2. The van der Waals surface area contributed by atoms with E-state index in [9.17, 15) is 13.2 Å². The largest absolute Gasteiger partial charge is 0.494 e. The van der Waals surface area contributed by atoms with E-state index in [1.165, 1.54) is 4.47 Å². The van der Waals surface area contributed by atoms with Crippen LogP contribution in [0.15, 0.2) is 53.4 Å². The lowest BCUT2D eigenvalue weighted by Crippen LogP contribution is -2.48. The summed E-state index contributed by atoms with van der Waals surface area (Å²) in [6.45, 7) is 15.0. The third-order valence-electron chi connectivity index (χ3n) is 7.17. The second-order valence-corrected chi connectivity index (χ2v) is 18.2. The van der Waals surface area contributed by atoms with Crippen LogP contribution in [-0.2, 0) is 25.8 Å². The molecule has 0 heterocycles. The number of Topliss-reactive ketones (excluding diaryl/α,β-unsaturated/α-hetero) is 1. The minimum atomic E-state index is -3.75. The maximum atomic E-state index is 13.5. The van der Waals surface area contributed by atoms with Gasteiger partial charge in [0.1, 0.15) is 11.5 Å². The molecule has 0 aliphatic rings. The molecule has 2 rings (SSSR count). The Labute approximate surface area is 231 Å². The van der Waals surface area contributed by atoms with Crippen LogP contribution in [0.1, 0.15) is 77.3 Å². The summed E-state index contributed by atoms with van der Waals surface area (Å²) in [5.74, 6) is 1.05. The van der Waals surface area contributed by atoms with Crippen molar-refractivity contribution in [3.8, 4) is 5.75 Å². The van der Waals surface area contributed by atoms with Gasteiger partial charge < -0.3 is 14.1 Å². The van der Waals surface area contributed by atoms with Gasteiger partial charge in [-0.25, -0.2) is 8.42 Å². The maximum absolute atomic E-state index is 13.5. The molecule has 0 saturated carbocycles. The number of ketones is 1. The van der Waals surface area contributed by atoms with Gasteiger partial charge in [-0.05, 0) is 81.1 Å². The fourth-order valence-electron chi connectivity index (χ4n) is 3.57. The standard InChI is InChI=1S/C30H47NO5SSi/c1-25-13-21-29(22-14-25)37(33,34)31(36-38(6,7)30(3,4)5)23-11-9-8-10-12-24-35-28-19-17-27(18-20-28)16-15-26(2)32/h13-14,17-22H,8-12,15-16,23-24H2,1-7H3. The van der Waals surface area contributed by atoms with Crippen LogP contribution in [-0.4, -0.2) is 40.1 Å². The molecule has 8 heteroatoms. The zero-order chi connectivity index (χ0) is 28.4. The van der Waals surface area contributed by atoms with Gasteiger partial charge in [0.15, 0.2) is 0 Å². The summed E-state index contributed by atoms with van der Waals surface area (Å²) < 4.78 is 40.4. The molecule has 212 valence electrons. The number of hydrogen-bond donors (Lipinski definition) is 0. The average Bonchev–Trinajstić information content (AvgIpc) is 2.83. The molecule has 0 aliphatic carbocycles. The minimum Gasteiger partial charge on any atom is -0.494 e. The van der Waals surface area contributed by atoms with Gasteiger partial charge in [-0.15, -0.1) is 0 Å². The molecule has 0 unspecified atom stereocenters. The highest BCUT2D eigenvalue weighted by Crippen LogP contribution is 2.38. The SMILES string of the molecule is CC(=O)CCc1ccc(OCCCCCCCN(O[Si](C)(C)C(C)(C)C)S(=O)(=O)c2ccc(C)cc2)cc1. The molecule has 0 fully saturated rings. The molecule has 38 heavy (non-hydrogen) atoms. The molecular weight excluding hydrogens is 514 g/mol. The summed E-state index contributed by atoms with van der Waals surface area (Å²) in [4.78, 5) is 11.4. The lowest BCUT2D eigenvalue weighted by Gasteiger charge is -2.39. The Morgan fingerprint density at radius 3 is 2.05 bits per heavy atom. The van der Waals surface area contributed by atoms with Gasteiger partial charge in [0.05, 0.1) is 11.5 Å². The Morgan fingerprint density at radius 2 is 1.47 bits per heavy atom. The normalized spacial score (nSPS) is 12.6. The smallest absolute Gasteiger partial charge is 0.264 e. The van der Waals surface area contributed by atoms with Crippen molar-refractivity contribution in [2.75, 3.05) is 13.2 Å². The lowest BCUT2D eigenvalue weighted by atomic mass is 10.1. The van der Waals surface area contributed by atoms with Crippen LogP contribution < -0.4 is 4.74 Å². The molecule has 0 saturated heterocycles. The number of carbonyl (C=O) groups excluding carboxylic acids is 1. The number of ether oxygens (including phenoxy) is 1. The molecule has 0 amide bonds. The molecule has 0 aliphatic heterocycles. The molecule has 0 aromatic heterocycles.